The molecule has 2 heterocycles. The average molecular weight is 327 g/mol. The molecule has 0 radical (unpaired) electrons. The second kappa shape index (κ2) is 5.95. The molecule has 0 amide bonds. The molecule has 21 heavy (non-hydrogen) atoms. The van der Waals surface area contributed by atoms with Crippen molar-refractivity contribution in [2.75, 3.05) is 0 Å². The molecule has 2 rings (SSSR count). The molecule has 6 heteroatoms. The number of aryl methyl sites for hydroxylation is 1. The van der Waals surface area contributed by atoms with Crippen molar-refractivity contribution in [1.29, 1.82) is 0 Å². The Morgan fingerprint density at radius 1 is 1.24 bits per heavy atom. The third-order valence-electron chi connectivity index (χ3n) is 3.15. The molecule has 0 spiro atoms. The van der Waals surface area contributed by atoms with Gasteiger partial charge in [-0.15, -0.1) is 0 Å². The number of nitrogens with zero attached hydrogens (tertiary/aromatic N) is 3. The lowest BCUT2D eigenvalue weighted by Gasteiger charge is -2.21. The van der Waals surface area contributed by atoms with Crippen molar-refractivity contribution >= 4 is 23.2 Å². The van der Waals surface area contributed by atoms with Gasteiger partial charge in [0.05, 0.1) is 21.4 Å². The molecule has 0 bridgehead atoms. The molecular weight excluding hydrogens is 307 g/mol. The van der Waals surface area contributed by atoms with Crippen molar-refractivity contribution in [3.63, 3.8) is 0 Å². The molecular formula is C15H20Cl2N4. The van der Waals surface area contributed by atoms with Crippen LogP contribution < -0.4 is 5.32 Å². The van der Waals surface area contributed by atoms with Crippen LogP contribution in [0.15, 0.2) is 12.3 Å². The predicted octanol–water partition coefficient (Wildman–Crippen LogP) is 4.08. The highest BCUT2D eigenvalue weighted by Crippen LogP contribution is 2.24. The van der Waals surface area contributed by atoms with Gasteiger partial charge in [0, 0.05) is 18.3 Å². The van der Waals surface area contributed by atoms with Crippen LogP contribution in [0.1, 0.15) is 37.7 Å². The van der Waals surface area contributed by atoms with Crippen LogP contribution in [0.3, 0.4) is 0 Å². The fraction of sp³-hybridized carbons (Fsp3) is 0.467. The van der Waals surface area contributed by atoms with E-state index in [-0.39, 0.29) is 5.54 Å². The van der Waals surface area contributed by atoms with Crippen LogP contribution in [0.25, 0.3) is 5.82 Å². The Labute approximate surface area is 135 Å². The minimum absolute atomic E-state index is 0.0221. The third-order valence-corrected chi connectivity index (χ3v) is 4.04. The Bertz CT molecular complexity index is 656. The maximum atomic E-state index is 6.23. The standard InChI is InChI=1S/C15H20Cl2N4/c1-9-14(17)10(2)21(20-9)13-6-11(12(16)8-18-13)7-19-15(3,4)5/h6,8,19H,7H2,1-5H3. The second-order valence-corrected chi connectivity index (χ2v) is 6.92. The van der Waals surface area contributed by atoms with Gasteiger partial charge in [-0.1, -0.05) is 23.2 Å². The topological polar surface area (TPSA) is 42.7 Å². The van der Waals surface area contributed by atoms with Crippen LogP contribution in [0.2, 0.25) is 10.0 Å². The van der Waals surface area contributed by atoms with Crippen LogP contribution in [-0.2, 0) is 6.54 Å². The molecule has 2 aromatic rings. The van der Waals surface area contributed by atoms with E-state index in [9.17, 15) is 0 Å². The summed E-state index contributed by atoms with van der Waals surface area (Å²) >= 11 is 12.4. The summed E-state index contributed by atoms with van der Waals surface area (Å²) in [5.74, 6) is 0.720. The van der Waals surface area contributed by atoms with Crippen molar-refractivity contribution in [3.05, 3.63) is 39.3 Å². The molecule has 1 N–H and O–H groups in total. The van der Waals surface area contributed by atoms with E-state index in [4.69, 9.17) is 23.2 Å². The molecule has 0 saturated carbocycles. The van der Waals surface area contributed by atoms with Gasteiger partial charge in [0.2, 0.25) is 0 Å². The number of hydrogen-bond acceptors (Lipinski definition) is 3. The quantitative estimate of drug-likeness (QED) is 0.924. The molecule has 0 aliphatic carbocycles. The first kappa shape index (κ1) is 16.3. The van der Waals surface area contributed by atoms with E-state index in [0.717, 1.165) is 22.8 Å². The van der Waals surface area contributed by atoms with Crippen LogP contribution in [0.5, 0.6) is 0 Å². The van der Waals surface area contributed by atoms with Crippen molar-refractivity contribution in [1.82, 2.24) is 20.1 Å². The molecule has 2 aromatic heterocycles. The van der Waals surface area contributed by atoms with E-state index in [2.05, 4.69) is 36.2 Å². The molecule has 0 fully saturated rings. The maximum absolute atomic E-state index is 6.23. The lowest BCUT2D eigenvalue weighted by Crippen LogP contribution is -2.35. The van der Waals surface area contributed by atoms with Gasteiger partial charge in [-0.05, 0) is 46.2 Å². The summed E-state index contributed by atoms with van der Waals surface area (Å²) in [5.41, 5.74) is 2.67. The van der Waals surface area contributed by atoms with E-state index in [1.807, 2.05) is 19.9 Å². The van der Waals surface area contributed by atoms with Gasteiger partial charge < -0.3 is 5.32 Å². The van der Waals surface area contributed by atoms with Crippen LogP contribution >= 0.6 is 23.2 Å². The van der Waals surface area contributed by atoms with Crippen LogP contribution in [0.4, 0.5) is 0 Å². The molecule has 0 aliphatic rings. The number of pyridine rings is 1. The number of aromatic nitrogens is 3. The Morgan fingerprint density at radius 3 is 2.43 bits per heavy atom. The summed E-state index contributed by atoms with van der Waals surface area (Å²) in [7, 11) is 0. The molecule has 0 atom stereocenters. The van der Waals surface area contributed by atoms with E-state index in [1.54, 1.807) is 10.9 Å². The Balaban J connectivity index is 2.36. The molecule has 0 saturated heterocycles. The van der Waals surface area contributed by atoms with Gasteiger partial charge >= 0.3 is 0 Å². The Morgan fingerprint density at radius 2 is 1.90 bits per heavy atom. The second-order valence-electron chi connectivity index (χ2n) is 6.13. The first-order valence-electron chi connectivity index (χ1n) is 6.80. The zero-order valence-corrected chi connectivity index (χ0v) is 14.5. The zero-order valence-electron chi connectivity index (χ0n) is 13.0. The molecule has 4 nitrogen and oxygen atoms in total. The summed E-state index contributed by atoms with van der Waals surface area (Å²) in [6.45, 7) is 10.8. The monoisotopic (exact) mass is 326 g/mol. The first-order valence-corrected chi connectivity index (χ1v) is 7.56. The fourth-order valence-electron chi connectivity index (χ4n) is 1.93. The zero-order chi connectivity index (χ0) is 15.8. The van der Waals surface area contributed by atoms with E-state index in [0.29, 0.717) is 16.6 Å². The third kappa shape index (κ3) is 3.76. The van der Waals surface area contributed by atoms with Crippen molar-refractivity contribution in [3.8, 4) is 5.82 Å². The van der Waals surface area contributed by atoms with Gasteiger partial charge in [-0.3, -0.25) is 0 Å². The summed E-state index contributed by atoms with van der Waals surface area (Å²) in [4.78, 5) is 4.35. The van der Waals surface area contributed by atoms with Gasteiger partial charge in [0.1, 0.15) is 0 Å². The molecule has 114 valence electrons. The molecule has 0 aromatic carbocycles. The van der Waals surface area contributed by atoms with Crippen molar-refractivity contribution in [2.45, 2.75) is 46.7 Å². The van der Waals surface area contributed by atoms with Gasteiger partial charge in [-0.25, -0.2) is 9.67 Å². The molecule has 0 unspecified atom stereocenters. The fourth-order valence-corrected chi connectivity index (χ4v) is 2.21. The summed E-state index contributed by atoms with van der Waals surface area (Å²) in [6.07, 6.45) is 1.65. The number of halogens is 2. The lowest BCUT2D eigenvalue weighted by molar-refractivity contribution is 0.424. The average Bonchev–Trinajstić information content (AvgIpc) is 2.65. The minimum atomic E-state index is 0.0221. The van der Waals surface area contributed by atoms with Gasteiger partial charge in [0.25, 0.3) is 0 Å². The summed E-state index contributed by atoms with van der Waals surface area (Å²) in [5, 5.41) is 9.15. The molecule has 0 aliphatic heterocycles. The first-order chi connectivity index (χ1) is 9.69. The Kier molecular flexibility index (Phi) is 4.61. The smallest absolute Gasteiger partial charge is 0.154 e. The summed E-state index contributed by atoms with van der Waals surface area (Å²) < 4.78 is 1.74. The highest BCUT2D eigenvalue weighted by molar-refractivity contribution is 6.32. The predicted molar refractivity (Wildman–Crippen MR) is 87.4 cm³/mol. The number of hydrogen-bond donors (Lipinski definition) is 1. The highest BCUT2D eigenvalue weighted by Gasteiger charge is 2.14. The van der Waals surface area contributed by atoms with Gasteiger partial charge in [0.15, 0.2) is 5.82 Å². The van der Waals surface area contributed by atoms with Crippen molar-refractivity contribution < 1.29 is 0 Å². The van der Waals surface area contributed by atoms with Crippen LogP contribution in [-0.4, -0.2) is 20.3 Å². The SMILES string of the molecule is Cc1nn(-c2cc(CNC(C)(C)C)c(Cl)cn2)c(C)c1Cl. The van der Waals surface area contributed by atoms with Gasteiger partial charge in [-0.2, -0.15) is 5.10 Å². The highest BCUT2D eigenvalue weighted by atomic mass is 35.5. The number of nitrogens with one attached hydrogen (secondary N) is 1. The lowest BCUT2D eigenvalue weighted by atomic mass is 10.1. The normalized spacial score (nSPS) is 12.0. The van der Waals surface area contributed by atoms with E-state index in [1.165, 1.54) is 0 Å². The van der Waals surface area contributed by atoms with E-state index >= 15 is 0 Å². The van der Waals surface area contributed by atoms with Crippen LogP contribution in [0, 0.1) is 13.8 Å². The largest absolute Gasteiger partial charge is 0.308 e. The maximum Gasteiger partial charge on any atom is 0.154 e. The number of rotatable bonds is 3. The van der Waals surface area contributed by atoms with Crippen molar-refractivity contribution in [2.24, 2.45) is 0 Å². The van der Waals surface area contributed by atoms with E-state index < -0.39 is 0 Å². The Hall–Kier alpha value is -1.10. The minimum Gasteiger partial charge on any atom is -0.308 e. The summed E-state index contributed by atoms with van der Waals surface area (Å²) in [6, 6.07) is 1.94.